The molecule has 0 bridgehead atoms. The van der Waals surface area contributed by atoms with E-state index >= 15 is 0 Å². The van der Waals surface area contributed by atoms with Crippen LogP contribution in [0.15, 0.2) is 24.8 Å². The quantitative estimate of drug-likeness (QED) is 0.0633. The topological polar surface area (TPSA) is 0 Å². The van der Waals surface area contributed by atoms with Crippen LogP contribution in [0.2, 0.25) is 0 Å². The van der Waals surface area contributed by atoms with Gasteiger partial charge in [0.2, 0.25) is 0 Å². The Balaban J connectivity index is 3.02. The number of hydrogen-bond donors (Lipinski definition) is 0. The molecule has 0 aliphatic heterocycles. The lowest BCUT2D eigenvalue weighted by Gasteiger charge is -2.04. The minimum atomic E-state index is 1.23. The Morgan fingerprint density at radius 1 is 0.333 bits per heavy atom. The van der Waals surface area contributed by atoms with Crippen molar-refractivity contribution < 1.29 is 0 Å². The highest BCUT2D eigenvalue weighted by molar-refractivity contribution is 4.96. The molecule has 36 heavy (non-hydrogen) atoms. The minimum Gasteiger partial charge on any atom is -0.0991 e. The van der Waals surface area contributed by atoms with Gasteiger partial charge in [-0.1, -0.05) is 218 Å². The van der Waals surface area contributed by atoms with Gasteiger partial charge in [0.25, 0.3) is 0 Å². The lowest BCUT2D eigenvalue weighted by Crippen LogP contribution is -1.85. The minimum absolute atomic E-state index is 1.23. The molecule has 0 aliphatic rings. The summed E-state index contributed by atoms with van der Waals surface area (Å²) in [6.07, 6.45) is 51.5. The molecule has 214 valence electrons. The van der Waals surface area contributed by atoms with E-state index in [-0.39, 0.29) is 0 Å². The second kappa shape index (κ2) is 34.5. The van der Waals surface area contributed by atoms with Crippen molar-refractivity contribution >= 4 is 0 Å². The molecule has 0 heteroatoms. The molecule has 0 aliphatic carbocycles. The first-order chi connectivity index (χ1) is 17.9. The van der Waals surface area contributed by atoms with E-state index in [0.717, 1.165) is 0 Å². The van der Waals surface area contributed by atoms with Crippen LogP contribution in [-0.2, 0) is 0 Å². The van der Waals surface area contributed by atoms with Gasteiger partial charge in [-0.3, -0.25) is 0 Å². The van der Waals surface area contributed by atoms with Crippen molar-refractivity contribution in [3.8, 4) is 0 Å². The zero-order chi connectivity index (χ0) is 26.0. The molecule has 0 spiro atoms. The van der Waals surface area contributed by atoms with Gasteiger partial charge in [-0.2, -0.15) is 0 Å². The predicted octanol–water partition coefficient (Wildman–Crippen LogP) is 13.8. The standard InChI is InChI=1S/C36H70/c1-3-5-7-9-11-13-15-17-19-21-23-25-27-29-31-33-35-36-34-32-30-28-26-24-22-20-18-16-14-12-10-8-6-4-2/h3,5,7H,1,4,6,8-36H2,2H3. The second-order valence-corrected chi connectivity index (χ2v) is 11.7. The normalized spacial score (nSPS) is 11.6. The molecule has 0 aromatic rings. The Morgan fingerprint density at radius 3 is 0.778 bits per heavy atom. The highest BCUT2D eigenvalue weighted by Crippen LogP contribution is 2.16. The van der Waals surface area contributed by atoms with Crippen molar-refractivity contribution in [3.63, 3.8) is 0 Å². The molecule has 0 rings (SSSR count). The van der Waals surface area contributed by atoms with E-state index < -0.39 is 0 Å². The molecule has 0 aromatic carbocycles. The Morgan fingerprint density at radius 2 is 0.556 bits per heavy atom. The van der Waals surface area contributed by atoms with Crippen molar-refractivity contribution in [3.05, 3.63) is 24.8 Å². The summed E-state index contributed by atoms with van der Waals surface area (Å²) < 4.78 is 0. The number of rotatable bonds is 32. The predicted molar refractivity (Wildman–Crippen MR) is 168 cm³/mol. The molecular formula is C36H70. The van der Waals surface area contributed by atoms with E-state index in [0.29, 0.717) is 0 Å². The smallest absolute Gasteiger partial charge is 0.0348 e. The Kier molecular flexibility index (Phi) is 34.0. The molecule has 0 nitrogen and oxygen atoms in total. The number of allylic oxidation sites excluding steroid dienone is 3. The van der Waals surface area contributed by atoms with Gasteiger partial charge in [-0.05, 0) is 12.8 Å². The Labute approximate surface area is 230 Å². The molecule has 0 amide bonds. The first kappa shape index (κ1) is 35.5. The van der Waals surface area contributed by atoms with Crippen LogP contribution >= 0.6 is 0 Å². The maximum absolute atomic E-state index is 3.71. The molecule has 0 fully saturated rings. The Hall–Kier alpha value is -0.520. The zero-order valence-corrected chi connectivity index (χ0v) is 25.4. The van der Waals surface area contributed by atoms with E-state index in [2.05, 4.69) is 25.7 Å². The highest BCUT2D eigenvalue weighted by Gasteiger charge is 1.96. The van der Waals surface area contributed by atoms with Crippen LogP contribution in [0.5, 0.6) is 0 Å². The van der Waals surface area contributed by atoms with Gasteiger partial charge < -0.3 is 0 Å². The molecule has 0 heterocycles. The third-order valence-corrected chi connectivity index (χ3v) is 8.00. The zero-order valence-electron chi connectivity index (χ0n) is 25.4. The lowest BCUT2D eigenvalue weighted by atomic mass is 10.0. The summed E-state index contributed by atoms with van der Waals surface area (Å²) >= 11 is 0. The maximum Gasteiger partial charge on any atom is -0.0348 e. The van der Waals surface area contributed by atoms with Gasteiger partial charge in [0, 0.05) is 0 Å². The fourth-order valence-electron chi connectivity index (χ4n) is 5.48. The van der Waals surface area contributed by atoms with E-state index in [1.807, 2.05) is 6.08 Å². The fourth-order valence-corrected chi connectivity index (χ4v) is 5.48. The van der Waals surface area contributed by atoms with Crippen LogP contribution in [0.1, 0.15) is 206 Å². The van der Waals surface area contributed by atoms with Gasteiger partial charge in [0.15, 0.2) is 0 Å². The first-order valence-electron chi connectivity index (χ1n) is 17.2. The summed E-state index contributed by atoms with van der Waals surface area (Å²) in [6.45, 7) is 6.02. The van der Waals surface area contributed by atoms with Gasteiger partial charge in [0.1, 0.15) is 0 Å². The van der Waals surface area contributed by atoms with Crippen molar-refractivity contribution in [2.75, 3.05) is 0 Å². The van der Waals surface area contributed by atoms with Gasteiger partial charge in [-0.15, -0.1) is 0 Å². The average Bonchev–Trinajstić information content (AvgIpc) is 2.89. The van der Waals surface area contributed by atoms with Crippen LogP contribution in [-0.4, -0.2) is 0 Å². The van der Waals surface area contributed by atoms with E-state index in [1.54, 1.807) is 0 Å². The van der Waals surface area contributed by atoms with E-state index in [4.69, 9.17) is 0 Å². The summed E-state index contributed by atoms with van der Waals surface area (Å²) in [4.78, 5) is 0. The van der Waals surface area contributed by atoms with Gasteiger partial charge >= 0.3 is 0 Å². The summed E-state index contributed by atoms with van der Waals surface area (Å²) in [7, 11) is 0. The molecule has 0 saturated carbocycles. The van der Waals surface area contributed by atoms with Crippen LogP contribution in [0.4, 0.5) is 0 Å². The average molecular weight is 503 g/mol. The van der Waals surface area contributed by atoms with Crippen molar-refractivity contribution in [2.45, 2.75) is 206 Å². The van der Waals surface area contributed by atoms with Crippen LogP contribution < -0.4 is 0 Å². The fraction of sp³-hybridized carbons (Fsp3) is 0.889. The molecular weight excluding hydrogens is 432 g/mol. The first-order valence-corrected chi connectivity index (χ1v) is 17.2. The summed E-state index contributed by atoms with van der Waals surface area (Å²) in [5.41, 5.74) is 0. The summed E-state index contributed by atoms with van der Waals surface area (Å²) in [5, 5.41) is 0. The van der Waals surface area contributed by atoms with Crippen molar-refractivity contribution in [1.29, 1.82) is 0 Å². The van der Waals surface area contributed by atoms with E-state index in [1.165, 1.54) is 199 Å². The third-order valence-electron chi connectivity index (χ3n) is 8.00. The summed E-state index contributed by atoms with van der Waals surface area (Å²) in [5.74, 6) is 0. The number of unbranched alkanes of at least 4 members (excludes halogenated alkanes) is 30. The Bertz CT molecular complexity index is 406. The molecule has 0 radical (unpaired) electrons. The monoisotopic (exact) mass is 503 g/mol. The molecule has 0 saturated heterocycles. The molecule has 0 aromatic heterocycles. The van der Waals surface area contributed by atoms with E-state index in [9.17, 15) is 0 Å². The van der Waals surface area contributed by atoms with Crippen molar-refractivity contribution in [2.24, 2.45) is 0 Å². The third kappa shape index (κ3) is 33.5. The second-order valence-electron chi connectivity index (χ2n) is 11.7. The van der Waals surface area contributed by atoms with Crippen LogP contribution in [0.25, 0.3) is 0 Å². The summed E-state index contributed by atoms with van der Waals surface area (Å²) in [6, 6.07) is 0. The SMILES string of the molecule is C=CC=CCCCCCCCCCCCCCCCCCCCCCCCCCCCCCCCC. The molecule has 0 unspecified atom stereocenters. The lowest BCUT2D eigenvalue weighted by molar-refractivity contribution is 0.513. The molecule has 0 N–H and O–H groups in total. The van der Waals surface area contributed by atoms with Gasteiger partial charge in [0.05, 0.1) is 0 Å². The largest absolute Gasteiger partial charge is 0.0991 e. The molecule has 0 atom stereocenters. The van der Waals surface area contributed by atoms with Crippen LogP contribution in [0, 0.1) is 0 Å². The maximum atomic E-state index is 3.71. The highest BCUT2D eigenvalue weighted by atomic mass is 14.0. The van der Waals surface area contributed by atoms with Crippen LogP contribution in [0.3, 0.4) is 0 Å². The van der Waals surface area contributed by atoms with Crippen molar-refractivity contribution in [1.82, 2.24) is 0 Å². The number of hydrogen-bond acceptors (Lipinski definition) is 0. The van der Waals surface area contributed by atoms with Gasteiger partial charge in [-0.25, -0.2) is 0 Å².